The van der Waals surface area contributed by atoms with Crippen molar-refractivity contribution in [2.24, 2.45) is 0 Å². The summed E-state index contributed by atoms with van der Waals surface area (Å²) in [6.07, 6.45) is 4.26. The van der Waals surface area contributed by atoms with Gasteiger partial charge in [-0.2, -0.15) is 0 Å². The van der Waals surface area contributed by atoms with Gasteiger partial charge in [0, 0.05) is 19.5 Å². The second kappa shape index (κ2) is 8.41. The van der Waals surface area contributed by atoms with Gasteiger partial charge in [0.15, 0.2) is 0 Å². The molecule has 1 heterocycles. The van der Waals surface area contributed by atoms with E-state index in [4.69, 9.17) is 4.74 Å². The lowest BCUT2D eigenvalue weighted by Crippen LogP contribution is -2.41. The molecule has 1 saturated heterocycles. The highest BCUT2D eigenvalue weighted by atomic mass is 16.5. The zero-order chi connectivity index (χ0) is 15.8. The highest BCUT2D eigenvalue weighted by Crippen LogP contribution is 2.17. The van der Waals surface area contributed by atoms with Gasteiger partial charge >= 0.3 is 0 Å². The number of carbonyl (C=O) groups is 2. The zero-order valence-electron chi connectivity index (χ0n) is 13.1. The van der Waals surface area contributed by atoms with Crippen LogP contribution in [0.5, 0.6) is 5.75 Å². The molecule has 0 bridgehead atoms. The molecule has 1 aromatic carbocycles. The Balaban J connectivity index is 1.76. The van der Waals surface area contributed by atoms with Crippen LogP contribution in [-0.2, 0) is 16.0 Å². The zero-order valence-corrected chi connectivity index (χ0v) is 13.1. The molecule has 1 fully saturated rings. The molecule has 0 aromatic heterocycles. The molecule has 0 radical (unpaired) electrons. The topological polar surface area (TPSA) is 58.6 Å². The maximum absolute atomic E-state index is 12.0. The minimum absolute atomic E-state index is 0.0925. The van der Waals surface area contributed by atoms with Crippen LogP contribution in [0.2, 0.25) is 0 Å². The first-order valence-corrected chi connectivity index (χ1v) is 7.87. The number of hydrogen-bond donors (Lipinski definition) is 1. The molecule has 5 nitrogen and oxygen atoms in total. The quantitative estimate of drug-likeness (QED) is 0.871. The van der Waals surface area contributed by atoms with Crippen LogP contribution in [-0.4, -0.2) is 43.5 Å². The third-order valence-electron chi connectivity index (χ3n) is 3.91. The van der Waals surface area contributed by atoms with E-state index in [9.17, 15) is 9.59 Å². The van der Waals surface area contributed by atoms with E-state index in [1.165, 1.54) is 0 Å². The molecule has 5 heteroatoms. The number of para-hydroxylation sites is 1. The van der Waals surface area contributed by atoms with Crippen molar-refractivity contribution in [2.75, 3.05) is 26.7 Å². The number of carbonyl (C=O) groups excluding carboxylic acids is 2. The first-order chi connectivity index (χ1) is 10.7. The van der Waals surface area contributed by atoms with Gasteiger partial charge in [0.2, 0.25) is 11.8 Å². The standard InChI is InChI=1S/C17H24N2O3/c1-22-15-8-5-4-7-14(15)10-11-18-16(20)13-19-12-6-2-3-9-17(19)21/h4-5,7-8H,2-3,6,9-13H2,1H3,(H,18,20). The van der Waals surface area contributed by atoms with Gasteiger partial charge in [-0.25, -0.2) is 0 Å². The lowest BCUT2D eigenvalue weighted by Gasteiger charge is -2.19. The molecule has 22 heavy (non-hydrogen) atoms. The number of likely N-dealkylation sites (tertiary alicyclic amines) is 1. The predicted molar refractivity (Wildman–Crippen MR) is 84.8 cm³/mol. The van der Waals surface area contributed by atoms with Crippen LogP contribution < -0.4 is 10.1 Å². The summed E-state index contributed by atoms with van der Waals surface area (Å²) in [6, 6.07) is 7.78. The number of ether oxygens (including phenoxy) is 1. The van der Waals surface area contributed by atoms with Crippen molar-refractivity contribution in [3.05, 3.63) is 29.8 Å². The summed E-state index contributed by atoms with van der Waals surface area (Å²) >= 11 is 0. The largest absolute Gasteiger partial charge is 0.496 e. The summed E-state index contributed by atoms with van der Waals surface area (Å²) in [7, 11) is 1.64. The Morgan fingerprint density at radius 3 is 2.91 bits per heavy atom. The first kappa shape index (κ1) is 16.3. The lowest BCUT2D eigenvalue weighted by atomic mass is 10.1. The summed E-state index contributed by atoms with van der Waals surface area (Å²) in [5, 5.41) is 2.88. The number of benzene rings is 1. The molecule has 0 atom stereocenters. The third-order valence-corrected chi connectivity index (χ3v) is 3.91. The normalized spacial score (nSPS) is 15.3. The fourth-order valence-electron chi connectivity index (χ4n) is 2.68. The van der Waals surface area contributed by atoms with Gasteiger partial charge in [0.1, 0.15) is 5.75 Å². The summed E-state index contributed by atoms with van der Waals surface area (Å²) in [5.74, 6) is 0.835. The van der Waals surface area contributed by atoms with Gasteiger partial charge in [-0.3, -0.25) is 9.59 Å². The number of rotatable bonds is 6. The molecule has 0 aliphatic carbocycles. The highest BCUT2D eigenvalue weighted by Gasteiger charge is 2.18. The maximum Gasteiger partial charge on any atom is 0.239 e. The minimum atomic E-state index is -0.0925. The van der Waals surface area contributed by atoms with Crippen LogP contribution in [0.1, 0.15) is 31.2 Å². The van der Waals surface area contributed by atoms with Gasteiger partial charge in [-0.05, 0) is 30.9 Å². The second-order valence-corrected chi connectivity index (χ2v) is 5.54. The number of hydrogen-bond acceptors (Lipinski definition) is 3. The minimum Gasteiger partial charge on any atom is -0.496 e. The Labute approximate surface area is 131 Å². The van der Waals surface area contributed by atoms with Crippen molar-refractivity contribution in [2.45, 2.75) is 32.1 Å². The van der Waals surface area contributed by atoms with Crippen molar-refractivity contribution in [1.82, 2.24) is 10.2 Å². The van der Waals surface area contributed by atoms with E-state index in [0.29, 0.717) is 25.9 Å². The Hall–Kier alpha value is -2.04. The average Bonchev–Trinajstić information content (AvgIpc) is 2.73. The fraction of sp³-hybridized carbons (Fsp3) is 0.529. The number of nitrogens with zero attached hydrogens (tertiary/aromatic N) is 1. The summed E-state index contributed by atoms with van der Waals surface area (Å²) in [4.78, 5) is 25.5. The second-order valence-electron chi connectivity index (χ2n) is 5.54. The summed E-state index contributed by atoms with van der Waals surface area (Å²) < 4.78 is 5.29. The molecule has 0 saturated carbocycles. The number of methoxy groups -OCH3 is 1. The smallest absolute Gasteiger partial charge is 0.239 e. The van der Waals surface area contributed by atoms with E-state index >= 15 is 0 Å². The molecular formula is C17H24N2O3. The molecule has 2 rings (SSSR count). The van der Waals surface area contributed by atoms with E-state index in [-0.39, 0.29) is 18.4 Å². The van der Waals surface area contributed by atoms with E-state index in [1.807, 2.05) is 24.3 Å². The molecule has 120 valence electrons. The van der Waals surface area contributed by atoms with Crippen molar-refractivity contribution in [3.8, 4) is 5.75 Å². The van der Waals surface area contributed by atoms with E-state index in [2.05, 4.69) is 5.32 Å². The Morgan fingerprint density at radius 1 is 1.27 bits per heavy atom. The Kier molecular flexibility index (Phi) is 6.25. The van der Waals surface area contributed by atoms with Crippen LogP contribution in [0.3, 0.4) is 0 Å². The molecule has 2 amide bonds. The van der Waals surface area contributed by atoms with Gasteiger partial charge in [-0.1, -0.05) is 24.6 Å². The molecule has 1 aliphatic rings. The first-order valence-electron chi connectivity index (χ1n) is 7.87. The third kappa shape index (κ3) is 4.76. The molecule has 1 aromatic rings. The summed E-state index contributed by atoms with van der Waals surface area (Å²) in [5.41, 5.74) is 1.07. The van der Waals surface area contributed by atoms with Gasteiger partial charge in [0.05, 0.1) is 13.7 Å². The van der Waals surface area contributed by atoms with Crippen molar-refractivity contribution in [3.63, 3.8) is 0 Å². The molecule has 0 spiro atoms. The molecule has 1 N–H and O–H groups in total. The molecule has 1 aliphatic heterocycles. The Morgan fingerprint density at radius 2 is 2.09 bits per heavy atom. The van der Waals surface area contributed by atoms with Crippen LogP contribution in [0, 0.1) is 0 Å². The van der Waals surface area contributed by atoms with Crippen molar-refractivity contribution < 1.29 is 14.3 Å². The van der Waals surface area contributed by atoms with E-state index in [0.717, 1.165) is 30.6 Å². The van der Waals surface area contributed by atoms with Crippen molar-refractivity contribution in [1.29, 1.82) is 0 Å². The predicted octanol–water partition coefficient (Wildman–Crippen LogP) is 1.76. The van der Waals surface area contributed by atoms with Gasteiger partial charge < -0.3 is 15.0 Å². The monoisotopic (exact) mass is 304 g/mol. The van der Waals surface area contributed by atoms with Gasteiger partial charge in [-0.15, -0.1) is 0 Å². The maximum atomic E-state index is 12.0. The van der Waals surface area contributed by atoms with Crippen molar-refractivity contribution >= 4 is 11.8 Å². The van der Waals surface area contributed by atoms with Crippen LogP contribution in [0.25, 0.3) is 0 Å². The average molecular weight is 304 g/mol. The highest BCUT2D eigenvalue weighted by molar-refractivity contribution is 5.84. The van der Waals surface area contributed by atoms with Gasteiger partial charge in [0.25, 0.3) is 0 Å². The number of nitrogens with one attached hydrogen (secondary N) is 1. The fourth-order valence-corrected chi connectivity index (χ4v) is 2.68. The van der Waals surface area contributed by atoms with Crippen LogP contribution in [0.4, 0.5) is 0 Å². The lowest BCUT2D eigenvalue weighted by molar-refractivity contribution is -0.135. The Bertz CT molecular complexity index is 516. The summed E-state index contributed by atoms with van der Waals surface area (Å²) in [6.45, 7) is 1.41. The SMILES string of the molecule is COc1ccccc1CCNC(=O)CN1CCCCCC1=O. The van der Waals surface area contributed by atoms with E-state index < -0.39 is 0 Å². The molecule has 0 unspecified atom stereocenters. The van der Waals surface area contributed by atoms with Crippen LogP contribution >= 0.6 is 0 Å². The molecular weight excluding hydrogens is 280 g/mol. The van der Waals surface area contributed by atoms with Crippen LogP contribution in [0.15, 0.2) is 24.3 Å². The van der Waals surface area contributed by atoms with E-state index in [1.54, 1.807) is 12.0 Å². The number of amides is 2.